The van der Waals surface area contributed by atoms with Crippen molar-refractivity contribution in [1.29, 1.82) is 0 Å². The summed E-state index contributed by atoms with van der Waals surface area (Å²) in [6.45, 7) is 0. The summed E-state index contributed by atoms with van der Waals surface area (Å²) in [5.41, 5.74) is 1.09. The first-order chi connectivity index (χ1) is 9.20. The summed E-state index contributed by atoms with van der Waals surface area (Å²) in [6.07, 6.45) is 0. The van der Waals surface area contributed by atoms with Crippen molar-refractivity contribution in [3.8, 4) is 5.75 Å². The number of ether oxygens (including phenoxy) is 1. The quantitative estimate of drug-likeness (QED) is 0.471. The fourth-order valence-corrected chi connectivity index (χ4v) is 1.47. The average molecular weight is 257 g/mol. The van der Waals surface area contributed by atoms with E-state index in [0.29, 0.717) is 17.1 Å². The molecule has 0 unspecified atom stereocenters. The minimum atomic E-state index is -0.485. The number of methoxy groups -OCH3 is 1. The Kier molecular flexibility index (Phi) is 3.82. The number of nitro benzene ring substituents is 1. The van der Waals surface area contributed by atoms with Gasteiger partial charge < -0.3 is 4.74 Å². The van der Waals surface area contributed by atoms with Crippen molar-refractivity contribution in [1.82, 2.24) is 0 Å². The first kappa shape index (κ1) is 12.7. The largest absolute Gasteiger partial charge is 0.494 e. The molecular weight excluding hydrogens is 246 g/mol. The van der Waals surface area contributed by atoms with E-state index in [4.69, 9.17) is 4.74 Å². The van der Waals surface area contributed by atoms with Crippen molar-refractivity contribution in [2.24, 2.45) is 10.2 Å². The van der Waals surface area contributed by atoms with Crippen LogP contribution in [0.4, 0.5) is 17.1 Å². The Bertz CT molecular complexity index is 612. The Balaban J connectivity index is 2.30. The van der Waals surface area contributed by atoms with Crippen molar-refractivity contribution in [3.05, 3.63) is 58.6 Å². The van der Waals surface area contributed by atoms with Crippen LogP contribution in [0.2, 0.25) is 0 Å². The van der Waals surface area contributed by atoms with Gasteiger partial charge >= 0.3 is 0 Å². The van der Waals surface area contributed by atoms with Crippen LogP contribution in [-0.2, 0) is 0 Å². The van der Waals surface area contributed by atoms with Crippen LogP contribution in [0.25, 0.3) is 0 Å². The minimum absolute atomic E-state index is 0.0458. The van der Waals surface area contributed by atoms with Gasteiger partial charge in [-0.15, -0.1) is 5.11 Å². The molecule has 0 aliphatic carbocycles. The normalized spacial score (nSPS) is 10.6. The van der Waals surface area contributed by atoms with E-state index in [1.165, 1.54) is 25.3 Å². The number of benzene rings is 2. The third-order valence-corrected chi connectivity index (χ3v) is 2.40. The molecule has 2 aromatic rings. The molecule has 0 bridgehead atoms. The highest BCUT2D eigenvalue weighted by atomic mass is 16.6. The van der Waals surface area contributed by atoms with Gasteiger partial charge in [-0.25, -0.2) is 0 Å². The second kappa shape index (κ2) is 5.72. The molecule has 0 N–H and O–H groups in total. The number of nitro groups is 1. The zero-order chi connectivity index (χ0) is 13.7. The lowest BCUT2D eigenvalue weighted by atomic mass is 10.2. The summed E-state index contributed by atoms with van der Waals surface area (Å²) >= 11 is 0. The molecule has 19 heavy (non-hydrogen) atoms. The molecule has 0 heterocycles. The monoisotopic (exact) mass is 257 g/mol. The standard InChI is InChI=1S/C13H11N3O3/c1-19-13-9-11(16(17)18)7-8-12(13)15-14-10-5-3-2-4-6-10/h2-9H,1H3/b15-14+. The van der Waals surface area contributed by atoms with E-state index in [0.717, 1.165) is 0 Å². The van der Waals surface area contributed by atoms with Crippen LogP contribution < -0.4 is 4.74 Å². The van der Waals surface area contributed by atoms with Crippen LogP contribution in [0.15, 0.2) is 58.8 Å². The fraction of sp³-hybridized carbons (Fsp3) is 0.0769. The smallest absolute Gasteiger partial charge is 0.273 e. The van der Waals surface area contributed by atoms with E-state index in [1.54, 1.807) is 12.1 Å². The summed E-state index contributed by atoms with van der Waals surface area (Å²) in [5.74, 6) is 0.314. The molecule has 0 saturated carbocycles. The number of azo groups is 1. The lowest BCUT2D eigenvalue weighted by molar-refractivity contribution is -0.384. The van der Waals surface area contributed by atoms with Gasteiger partial charge in [0.1, 0.15) is 5.69 Å². The molecule has 6 heteroatoms. The molecule has 0 amide bonds. The van der Waals surface area contributed by atoms with Crippen LogP contribution in [0.3, 0.4) is 0 Å². The zero-order valence-electron chi connectivity index (χ0n) is 10.2. The molecule has 0 saturated heterocycles. The molecule has 0 spiro atoms. The van der Waals surface area contributed by atoms with Crippen LogP contribution in [0.1, 0.15) is 0 Å². The predicted molar refractivity (Wildman–Crippen MR) is 70.3 cm³/mol. The summed E-state index contributed by atoms with van der Waals surface area (Å²) in [4.78, 5) is 10.2. The van der Waals surface area contributed by atoms with Gasteiger partial charge in [0.2, 0.25) is 0 Å². The van der Waals surface area contributed by atoms with E-state index in [2.05, 4.69) is 10.2 Å². The lowest BCUT2D eigenvalue weighted by Crippen LogP contribution is -1.89. The molecule has 6 nitrogen and oxygen atoms in total. The molecule has 2 aromatic carbocycles. The average Bonchev–Trinajstić information content (AvgIpc) is 2.45. The van der Waals surface area contributed by atoms with Gasteiger partial charge in [-0.3, -0.25) is 10.1 Å². The van der Waals surface area contributed by atoms with Crippen molar-refractivity contribution < 1.29 is 9.66 Å². The van der Waals surface area contributed by atoms with Gasteiger partial charge in [0.15, 0.2) is 5.75 Å². The van der Waals surface area contributed by atoms with Crippen LogP contribution in [0, 0.1) is 10.1 Å². The van der Waals surface area contributed by atoms with E-state index in [-0.39, 0.29) is 5.69 Å². The van der Waals surface area contributed by atoms with Gasteiger partial charge in [0.05, 0.1) is 23.8 Å². The van der Waals surface area contributed by atoms with Gasteiger partial charge in [-0.1, -0.05) is 18.2 Å². The number of non-ortho nitro benzene ring substituents is 1. The molecule has 0 radical (unpaired) electrons. The van der Waals surface area contributed by atoms with Crippen LogP contribution in [0.5, 0.6) is 5.75 Å². The van der Waals surface area contributed by atoms with Crippen LogP contribution in [-0.4, -0.2) is 12.0 Å². The molecule has 0 fully saturated rings. The van der Waals surface area contributed by atoms with Gasteiger partial charge in [-0.2, -0.15) is 5.11 Å². The molecule has 0 aliphatic rings. The highest BCUT2D eigenvalue weighted by molar-refractivity contribution is 5.57. The predicted octanol–water partition coefficient (Wildman–Crippen LogP) is 4.02. The van der Waals surface area contributed by atoms with Gasteiger partial charge in [0.25, 0.3) is 5.69 Å². The Morgan fingerprint density at radius 2 is 1.84 bits per heavy atom. The third kappa shape index (κ3) is 3.12. The Hall–Kier alpha value is -2.76. The Morgan fingerprint density at radius 3 is 2.47 bits per heavy atom. The van der Waals surface area contributed by atoms with E-state index >= 15 is 0 Å². The van der Waals surface area contributed by atoms with E-state index in [9.17, 15) is 10.1 Å². The molecule has 96 valence electrons. The number of nitrogens with zero attached hydrogens (tertiary/aromatic N) is 3. The van der Waals surface area contributed by atoms with Crippen molar-refractivity contribution in [3.63, 3.8) is 0 Å². The summed E-state index contributed by atoms with van der Waals surface area (Å²) in [5, 5.41) is 18.7. The summed E-state index contributed by atoms with van der Waals surface area (Å²) in [6, 6.07) is 13.4. The highest BCUT2D eigenvalue weighted by Crippen LogP contribution is 2.32. The van der Waals surface area contributed by atoms with Crippen molar-refractivity contribution in [2.75, 3.05) is 7.11 Å². The third-order valence-electron chi connectivity index (χ3n) is 2.40. The number of rotatable bonds is 4. The first-order valence-electron chi connectivity index (χ1n) is 5.50. The number of hydrogen-bond donors (Lipinski definition) is 0. The second-order valence-electron chi connectivity index (χ2n) is 3.65. The molecule has 0 aromatic heterocycles. The molecular formula is C13H11N3O3. The Morgan fingerprint density at radius 1 is 1.11 bits per heavy atom. The van der Waals surface area contributed by atoms with Gasteiger partial charge in [-0.05, 0) is 18.2 Å². The Labute approximate surface area is 109 Å². The summed E-state index contributed by atoms with van der Waals surface area (Å²) in [7, 11) is 1.43. The maximum atomic E-state index is 10.7. The maximum Gasteiger partial charge on any atom is 0.273 e. The number of hydrogen-bond acceptors (Lipinski definition) is 5. The molecule has 0 aliphatic heterocycles. The first-order valence-corrected chi connectivity index (χ1v) is 5.50. The molecule has 0 atom stereocenters. The SMILES string of the molecule is COc1cc([N+](=O)[O-])ccc1/N=N/c1ccccc1. The maximum absolute atomic E-state index is 10.7. The highest BCUT2D eigenvalue weighted by Gasteiger charge is 2.10. The fourth-order valence-electron chi connectivity index (χ4n) is 1.47. The van der Waals surface area contributed by atoms with Gasteiger partial charge in [0, 0.05) is 6.07 Å². The van der Waals surface area contributed by atoms with E-state index < -0.39 is 4.92 Å². The van der Waals surface area contributed by atoms with E-state index in [1.807, 2.05) is 18.2 Å². The van der Waals surface area contributed by atoms with Crippen molar-refractivity contribution in [2.45, 2.75) is 0 Å². The zero-order valence-corrected chi connectivity index (χ0v) is 10.2. The summed E-state index contributed by atoms with van der Waals surface area (Å²) < 4.78 is 5.07. The second-order valence-corrected chi connectivity index (χ2v) is 3.65. The lowest BCUT2D eigenvalue weighted by Gasteiger charge is -2.02. The van der Waals surface area contributed by atoms with Crippen LogP contribution >= 0.6 is 0 Å². The van der Waals surface area contributed by atoms with Crippen molar-refractivity contribution >= 4 is 17.1 Å². The molecule has 2 rings (SSSR count). The topological polar surface area (TPSA) is 77.1 Å². The minimum Gasteiger partial charge on any atom is -0.494 e.